The van der Waals surface area contributed by atoms with Gasteiger partial charge in [-0.2, -0.15) is 0 Å². The number of fused-ring (bicyclic) bond motifs is 2. The Morgan fingerprint density at radius 2 is 1.00 bits per heavy atom. The minimum absolute atomic E-state index is 0.0505. The van der Waals surface area contributed by atoms with Gasteiger partial charge in [0.2, 0.25) is 0 Å². The molecule has 5 heteroatoms. The Balaban J connectivity index is 1.83. The Kier molecular flexibility index (Phi) is 6.40. The van der Waals surface area contributed by atoms with Crippen molar-refractivity contribution in [2.45, 2.75) is 27.1 Å². The van der Waals surface area contributed by atoms with Crippen LogP contribution in [0.15, 0.2) is 72.8 Å². The summed E-state index contributed by atoms with van der Waals surface area (Å²) < 4.78 is 0. The molecule has 0 atom stereocenters. The fraction of sp³-hybridized carbons (Fsp3) is 0.222. The average Bonchev–Trinajstić information content (AvgIpc) is 2.85. The second-order valence-corrected chi connectivity index (χ2v) is 7.67. The van der Waals surface area contributed by atoms with Gasteiger partial charge in [-0.15, -0.1) is 0 Å². The van der Waals surface area contributed by atoms with E-state index in [1.807, 2.05) is 86.6 Å². The van der Waals surface area contributed by atoms with Gasteiger partial charge in [0, 0.05) is 23.9 Å². The largest absolute Gasteiger partial charge is 0.392 e. The lowest BCUT2D eigenvalue weighted by Gasteiger charge is -2.31. The van der Waals surface area contributed by atoms with Gasteiger partial charge in [0.1, 0.15) is 0 Å². The van der Waals surface area contributed by atoms with Crippen LogP contribution in [0.4, 0.5) is 16.2 Å². The molecule has 4 rings (SSSR count). The second-order valence-electron chi connectivity index (χ2n) is 7.67. The zero-order chi connectivity index (χ0) is 22.7. The third-order valence-electron chi connectivity index (χ3n) is 6.00. The first-order valence-corrected chi connectivity index (χ1v) is 11.0. The highest BCUT2D eigenvalue weighted by Crippen LogP contribution is 2.34. The van der Waals surface area contributed by atoms with E-state index >= 15 is 0 Å². The number of carbonyl (C=O) groups excluding carboxylic acids is 1. The minimum Gasteiger partial charge on any atom is -0.392 e. The normalized spacial score (nSPS) is 11.1. The summed E-state index contributed by atoms with van der Waals surface area (Å²) in [6, 6.07) is 23.2. The summed E-state index contributed by atoms with van der Waals surface area (Å²) in [5.74, 6) is 0. The molecule has 2 N–H and O–H groups in total. The van der Waals surface area contributed by atoms with Crippen molar-refractivity contribution in [1.82, 2.24) is 0 Å². The topological polar surface area (TPSA) is 64.0 Å². The van der Waals surface area contributed by atoms with Crippen molar-refractivity contribution in [1.29, 1.82) is 0 Å². The van der Waals surface area contributed by atoms with Crippen molar-refractivity contribution < 1.29 is 15.0 Å². The molecular formula is C27H28N2O3. The van der Waals surface area contributed by atoms with Crippen LogP contribution in [-0.4, -0.2) is 29.3 Å². The van der Waals surface area contributed by atoms with Gasteiger partial charge in [-0.1, -0.05) is 60.7 Å². The summed E-state index contributed by atoms with van der Waals surface area (Å²) in [6.07, 6.45) is 0. The lowest BCUT2D eigenvalue weighted by atomic mass is 10.0. The zero-order valence-corrected chi connectivity index (χ0v) is 18.5. The highest BCUT2D eigenvalue weighted by Gasteiger charge is 2.25. The molecule has 0 heterocycles. The summed E-state index contributed by atoms with van der Waals surface area (Å²) in [6.45, 7) is 4.84. The number of nitrogens with zero attached hydrogens (tertiary/aromatic N) is 2. The molecule has 0 fully saturated rings. The van der Waals surface area contributed by atoms with E-state index in [9.17, 15) is 15.0 Å². The lowest BCUT2D eigenvalue weighted by molar-refractivity contribution is 0.252. The first-order valence-electron chi connectivity index (χ1n) is 11.0. The van der Waals surface area contributed by atoms with E-state index in [-0.39, 0.29) is 19.2 Å². The molecule has 0 aliphatic heterocycles. The molecule has 0 unspecified atom stereocenters. The van der Waals surface area contributed by atoms with Gasteiger partial charge in [0.15, 0.2) is 0 Å². The maximum atomic E-state index is 13.9. The van der Waals surface area contributed by atoms with Crippen LogP contribution < -0.4 is 9.80 Å². The number of hydrogen-bond acceptors (Lipinski definition) is 3. The Morgan fingerprint density at radius 3 is 1.34 bits per heavy atom. The van der Waals surface area contributed by atoms with Crippen molar-refractivity contribution in [2.24, 2.45) is 0 Å². The molecule has 0 saturated heterocycles. The molecular weight excluding hydrogens is 400 g/mol. The van der Waals surface area contributed by atoms with E-state index in [0.29, 0.717) is 13.1 Å². The Hall–Kier alpha value is -3.41. The van der Waals surface area contributed by atoms with Gasteiger partial charge in [-0.3, -0.25) is 9.80 Å². The maximum Gasteiger partial charge on any atom is 0.328 e. The van der Waals surface area contributed by atoms with Crippen LogP contribution >= 0.6 is 0 Å². The Morgan fingerprint density at radius 1 is 0.625 bits per heavy atom. The highest BCUT2D eigenvalue weighted by atomic mass is 16.3. The van der Waals surface area contributed by atoms with Crippen molar-refractivity contribution in [3.05, 3.63) is 83.9 Å². The molecule has 0 spiro atoms. The molecule has 0 aromatic heterocycles. The molecule has 2 amide bonds. The van der Waals surface area contributed by atoms with Crippen LogP contribution in [0.3, 0.4) is 0 Å². The summed E-state index contributed by atoms with van der Waals surface area (Å²) >= 11 is 0. The first kappa shape index (κ1) is 21.8. The van der Waals surface area contributed by atoms with Crippen LogP contribution in [0.1, 0.15) is 25.0 Å². The summed E-state index contributed by atoms with van der Waals surface area (Å²) in [4.78, 5) is 17.4. The van der Waals surface area contributed by atoms with Crippen molar-refractivity contribution in [2.75, 3.05) is 22.9 Å². The Labute approximate surface area is 188 Å². The zero-order valence-electron chi connectivity index (χ0n) is 18.5. The fourth-order valence-electron chi connectivity index (χ4n) is 4.40. The highest BCUT2D eigenvalue weighted by molar-refractivity contribution is 6.12. The second kappa shape index (κ2) is 9.39. The van der Waals surface area contributed by atoms with E-state index in [2.05, 4.69) is 0 Å². The number of carbonyl (C=O) groups is 1. The summed E-state index contributed by atoms with van der Waals surface area (Å²) in [5, 5.41) is 23.2. The van der Waals surface area contributed by atoms with Crippen molar-refractivity contribution >= 4 is 39.0 Å². The number of anilines is 2. The molecule has 0 saturated carbocycles. The number of benzene rings is 4. The van der Waals surface area contributed by atoms with Crippen LogP contribution in [-0.2, 0) is 13.2 Å². The monoisotopic (exact) mass is 428 g/mol. The Bertz CT molecular complexity index is 1170. The van der Waals surface area contributed by atoms with Gasteiger partial charge in [-0.25, -0.2) is 4.79 Å². The summed E-state index contributed by atoms with van der Waals surface area (Å²) in [7, 11) is 0. The minimum atomic E-state index is -0.112. The summed E-state index contributed by atoms with van der Waals surface area (Å²) in [5.41, 5.74) is 3.32. The smallest absolute Gasteiger partial charge is 0.328 e. The number of urea groups is 1. The fourth-order valence-corrected chi connectivity index (χ4v) is 4.40. The standard InChI is InChI=1S/C27H28N2O3/c1-3-28(25-15-13-19(17-30)21-9-5-7-11-23(21)25)27(32)29(4-2)26-16-14-20(18-31)22-10-6-8-12-24(22)26/h5-16,30-31H,3-4,17-18H2,1-2H3. The lowest BCUT2D eigenvalue weighted by Crippen LogP contribution is -2.43. The number of hydrogen-bond donors (Lipinski definition) is 2. The van der Waals surface area contributed by atoms with Gasteiger partial charge < -0.3 is 10.2 Å². The van der Waals surface area contributed by atoms with Crippen molar-refractivity contribution in [3.63, 3.8) is 0 Å². The van der Waals surface area contributed by atoms with Gasteiger partial charge in [0.25, 0.3) is 0 Å². The SMILES string of the molecule is CCN(C(=O)N(CC)c1ccc(CO)c2ccccc12)c1ccc(CO)c2ccccc12. The molecule has 0 bridgehead atoms. The number of amides is 2. The molecule has 0 aliphatic rings. The molecule has 0 aliphatic carbocycles. The van der Waals surface area contributed by atoms with E-state index in [0.717, 1.165) is 44.0 Å². The number of aliphatic hydroxyl groups excluding tert-OH is 2. The third-order valence-corrected chi connectivity index (χ3v) is 6.00. The third kappa shape index (κ3) is 3.70. The van der Waals surface area contributed by atoms with Crippen LogP contribution in [0.25, 0.3) is 21.5 Å². The van der Waals surface area contributed by atoms with E-state index in [1.165, 1.54) is 0 Å². The molecule has 164 valence electrons. The van der Waals surface area contributed by atoms with Gasteiger partial charge >= 0.3 is 6.03 Å². The van der Waals surface area contributed by atoms with E-state index in [4.69, 9.17) is 0 Å². The van der Waals surface area contributed by atoms with Crippen molar-refractivity contribution in [3.8, 4) is 0 Å². The van der Waals surface area contributed by atoms with Gasteiger partial charge in [0.05, 0.1) is 24.6 Å². The van der Waals surface area contributed by atoms with Crippen LogP contribution in [0.5, 0.6) is 0 Å². The van der Waals surface area contributed by atoms with E-state index in [1.54, 1.807) is 9.80 Å². The molecule has 4 aromatic rings. The quantitative estimate of drug-likeness (QED) is 0.429. The average molecular weight is 429 g/mol. The van der Waals surface area contributed by atoms with Crippen LogP contribution in [0.2, 0.25) is 0 Å². The predicted molar refractivity (Wildman–Crippen MR) is 131 cm³/mol. The number of aliphatic hydroxyl groups is 2. The predicted octanol–water partition coefficient (Wildman–Crippen LogP) is 5.45. The molecule has 0 radical (unpaired) electrons. The first-order chi connectivity index (χ1) is 15.6. The van der Waals surface area contributed by atoms with Gasteiger partial charge in [-0.05, 0) is 47.9 Å². The molecule has 32 heavy (non-hydrogen) atoms. The molecule has 5 nitrogen and oxygen atoms in total. The van der Waals surface area contributed by atoms with Crippen LogP contribution in [0, 0.1) is 0 Å². The van der Waals surface area contributed by atoms with E-state index < -0.39 is 0 Å². The maximum absolute atomic E-state index is 13.9. The molecule has 4 aromatic carbocycles. The number of rotatable bonds is 6.